The van der Waals surface area contributed by atoms with Crippen LogP contribution in [0.1, 0.15) is 44.1 Å². The quantitative estimate of drug-likeness (QED) is 0.853. The van der Waals surface area contributed by atoms with Gasteiger partial charge in [0.05, 0.1) is 6.61 Å². The SMILES string of the molecule is CN1CCCN=C1OC(=O)C(CO)(c1ccccc1)C1CCCCC1. The molecule has 0 aromatic heterocycles. The molecule has 0 spiro atoms. The van der Waals surface area contributed by atoms with E-state index in [0.717, 1.165) is 44.2 Å². The average Bonchev–Trinajstić information content (AvgIpc) is 2.66. The van der Waals surface area contributed by atoms with E-state index >= 15 is 0 Å². The summed E-state index contributed by atoms with van der Waals surface area (Å²) >= 11 is 0. The third-order valence-electron chi connectivity index (χ3n) is 5.61. The van der Waals surface area contributed by atoms with Crippen molar-refractivity contribution in [2.45, 2.75) is 43.9 Å². The van der Waals surface area contributed by atoms with Crippen LogP contribution < -0.4 is 0 Å². The van der Waals surface area contributed by atoms with E-state index in [9.17, 15) is 9.90 Å². The number of nitrogens with zero attached hydrogens (tertiary/aromatic N) is 2. The van der Waals surface area contributed by atoms with Crippen LogP contribution in [0.25, 0.3) is 0 Å². The van der Waals surface area contributed by atoms with Crippen LogP contribution >= 0.6 is 0 Å². The fourth-order valence-electron chi connectivity index (χ4n) is 4.12. The van der Waals surface area contributed by atoms with Crippen LogP contribution in [-0.4, -0.2) is 48.7 Å². The van der Waals surface area contributed by atoms with E-state index in [2.05, 4.69) is 4.99 Å². The number of carbonyl (C=O) groups is 1. The Morgan fingerprint density at radius 1 is 1.24 bits per heavy atom. The molecule has 5 nitrogen and oxygen atoms in total. The largest absolute Gasteiger partial charge is 0.395 e. The molecule has 0 bridgehead atoms. The molecule has 1 saturated carbocycles. The number of esters is 1. The number of benzene rings is 1. The van der Waals surface area contributed by atoms with E-state index < -0.39 is 5.41 Å². The standard InChI is InChI=1S/C20H28N2O3/c1-22-14-8-13-21-19(22)25-18(24)20(15-23,16-9-4-2-5-10-16)17-11-6-3-7-12-17/h2,4-5,9-10,17,23H,3,6-8,11-15H2,1H3. The monoisotopic (exact) mass is 344 g/mol. The molecular formula is C20H28N2O3. The number of aliphatic hydroxyl groups is 1. The van der Waals surface area contributed by atoms with Gasteiger partial charge in [-0.3, -0.25) is 4.79 Å². The first-order valence-corrected chi connectivity index (χ1v) is 9.32. The number of ether oxygens (including phenoxy) is 1. The summed E-state index contributed by atoms with van der Waals surface area (Å²) in [6, 6.07) is 9.99. The van der Waals surface area contributed by atoms with Gasteiger partial charge in [-0.05, 0) is 30.7 Å². The molecule has 1 aliphatic heterocycles. The van der Waals surface area contributed by atoms with Crippen molar-refractivity contribution in [1.82, 2.24) is 4.90 Å². The summed E-state index contributed by atoms with van der Waals surface area (Å²) in [5.74, 6) is -0.281. The van der Waals surface area contributed by atoms with Gasteiger partial charge in [0.1, 0.15) is 5.41 Å². The van der Waals surface area contributed by atoms with Crippen LogP contribution in [-0.2, 0) is 14.9 Å². The molecule has 1 atom stereocenters. The Labute approximate surface area is 149 Å². The van der Waals surface area contributed by atoms with Crippen LogP contribution in [0.15, 0.2) is 35.3 Å². The van der Waals surface area contributed by atoms with Crippen LogP contribution in [0.5, 0.6) is 0 Å². The van der Waals surface area contributed by atoms with Gasteiger partial charge in [0.25, 0.3) is 6.02 Å². The second-order valence-electron chi connectivity index (χ2n) is 7.16. The molecule has 25 heavy (non-hydrogen) atoms. The summed E-state index contributed by atoms with van der Waals surface area (Å²) in [5, 5.41) is 10.4. The second-order valence-corrected chi connectivity index (χ2v) is 7.16. The Hall–Kier alpha value is -1.88. The topological polar surface area (TPSA) is 62.1 Å². The van der Waals surface area contributed by atoms with E-state index in [1.807, 2.05) is 42.3 Å². The second kappa shape index (κ2) is 8.00. The van der Waals surface area contributed by atoms with Crippen molar-refractivity contribution in [1.29, 1.82) is 0 Å². The third-order valence-corrected chi connectivity index (χ3v) is 5.61. The van der Waals surface area contributed by atoms with E-state index in [0.29, 0.717) is 12.6 Å². The first-order chi connectivity index (χ1) is 12.2. The fraction of sp³-hybridized carbons (Fsp3) is 0.600. The van der Waals surface area contributed by atoms with Gasteiger partial charge < -0.3 is 14.7 Å². The first kappa shape index (κ1) is 17.9. The number of hydrogen-bond donors (Lipinski definition) is 1. The lowest BCUT2D eigenvalue weighted by atomic mass is 9.65. The Balaban J connectivity index is 1.94. The lowest BCUT2D eigenvalue weighted by Crippen LogP contribution is -2.50. The highest BCUT2D eigenvalue weighted by Crippen LogP contribution is 2.42. The molecular weight excluding hydrogens is 316 g/mol. The fourth-order valence-corrected chi connectivity index (χ4v) is 4.12. The van der Waals surface area contributed by atoms with Gasteiger partial charge in [-0.2, -0.15) is 0 Å². The molecule has 0 saturated heterocycles. The Morgan fingerprint density at radius 3 is 2.60 bits per heavy atom. The van der Waals surface area contributed by atoms with E-state index in [-0.39, 0.29) is 18.5 Å². The molecule has 1 heterocycles. The maximum atomic E-state index is 13.3. The minimum Gasteiger partial charge on any atom is -0.395 e. The molecule has 1 aliphatic carbocycles. The van der Waals surface area contributed by atoms with Gasteiger partial charge in [0.15, 0.2) is 0 Å². The number of carbonyl (C=O) groups excluding carboxylic acids is 1. The van der Waals surface area contributed by atoms with E-state index in [1.54, 1.807) is 0 Å². The molecule has 0 radical (unpaired) electrons. The van der Waals surface area contributed by atoms with Crippen molar-refractivity contribution >= 4 is 12.0 Å². The van der Waals surface area contributed by atoms with Crippen molar-refractivity contribution in [3.63, 3.8) is 0 Å². The van der Waals surface area contributed by atoms with E-state index in [1.165, 1.54) is 6.42 Å². The van der Waals surface area contributed by atoms with Gasteiger partial charge in [0, 0.05) is 20.1 Å². The van der Waals surface area contributed by atoms with Crippen molar-refractivity contribution in [2.75, 3.05) is 26.7 Å². The van der Waals surface area contributed by atoms with Crippen molar-refractivity contribution in [3.8, 4) is 0 Å². The smallest absolute Gasteiger partial charge is 0.326 e. The highest BCUT2D eigenvalue weighted by Gasteiger charge is 2.49. The predicted octanol–water partition coefficient (Wildman–Crippen LogP) is 2.73. The normalized spacial score (nSPS) is 21.4. The zero-order valence-electron chi connectivity index (χ0n) is 15.0. The highest BCUT2D eigenvalue weighted by molar-refractivity contribution is 5.94. The molecule has 0 amide bonds. The summed E-state index contributed by atoms with van der Waals surface area (Å²) < 4.78 is 5.74. The zero-order valence-corrected chi connectivity index (χ0v) is 15.0. The van der Waals surface area contributed by atoms with Crippen molar-refractivity contribution in [2.24, 2.45) is 10.9 Å². The molecule has 136 valence electrons. The first-order valence-electron chi connectivity index (χ1n) is 9.32. The predicted molar refractivity (Wildman–Crippen MR) is 97.4 cm³/mol. The van der Waals surface area contributed by atoms with Gasteiger partial charge in [-0.25, -0.2) is 4.99 Å². The lowest BCUT2D eigenvalue weighted by Gasteiger charge is -2.40. The van der Waals surface area contributed by atoms with Crippen LogP contribution in [0.4, 0.5) is 0 Å². The molecule has 1 N–H and O–H groups in total. The van der Waals surface area contributed by atoms with Gasteiger partial charge in [0.2, 0.25) is 0 Å². The van der Waals surface area contributed by atoms with Crippen molar-refractivity contribution < 1.29 is 14.6 Å². The zero-order chi connectivity index (χ0) is 17.7. The van der Waals surface area contributed by atoms with Crippen molar-refractivity contribution in [3.05, 3.63) is 35.9 Å². The highest BCUT2D eigenvalue weighted by atomic mass is 16.6. The Bertz CT molecular complexity index is 611. The van der Waals surface area contributed by atoms with Gasteiger partial charge in [-0.1, -0.05) is 49.6 Å². The molecule has 2 aliphatic rings. The van der Waals surface area contributed by atoms with Crippen LogP contribution in [0.3, 0.4) is 0 Å². The maximum Gasteiger partial charge on any atom is 0.326 e. The molecule has 1 unspecified atom stereocenters. The van der Waals surface area contributed by atoms with Gasteiger partial charge >= 0.3 is 5.97 Å². The average molecular weight is 344 g/mol. The summed E-state index contributed by atoms with van der Waals surface area (Å²) in [6.45, 7) is 1.26. The molecule has 1 fully saturated rings. The number of aliphatic imine (C=N–C) groups is 1. The summed E-state index contributed by atoms with van der Waals surface area (Å²) in [4.78, 5) is 19.5. The number of amidine groups is 1. The number of aliphatic hydroxyl groups excluding tert-OH is 1. The maximum absolute atomic E-state index is 13.3. The number of rotatable bonds is 4. The Kier molecular flexibility index (Phi) is 5.74. The molecule has 5 heteroatoms. The van der Waals surface area contributed by atoms with E-state index in [4.69, 9.17) is 4.74 Å². The minimum atomic E-state index is -1.01. The summed E-state index contributed by atoms with van der Waals surface area (Å²) in [6.07, 6.45) is 6.21. The lowest BCUT2D eigenvalue weighted by molar-refractivity contribution is -0.148. The summed E-state index contributed by atoms with van der Waals surface area (Å²) in [7, 11) is 1.88. The summed E-state index contributed by atoms with van der Waals surface area (Å²) in [5.41, 5.74) is -0.170. The third kappa shape index (κ3) is 3.56. The molecule has 1 aromatic rings. The minimum absolute atomic E-state index is 0.0932. The van der Waals surface area contributed by atoms with Crippen LogP contribution in [0.2, 0.25) is 0 Å². The molecule has 3 rings (SSSR count). The van der Waals surface area contributed by atoms with Gasteiger partial charge in [-0.15, -0.1) is 0 Å². The Morgan fingerprint density at radius 2 is 1.96 bits per heavy atom. The number of hydrogen-bond acceptors (Lipinski definition) is 5. The van der Waals surface area contributed by atoms with Crippen LogP contribution in [0, 0.1) is 5.92 Å². The molecule has 1 aromatic carbocycles.